The summed E-state index contributed by atoms with van der Waals surface area (Å²) in [6, 6.07) is 15.2. The largest absolute Gasteiger partial charge is 0.445 e. The molecule has 0 aliphatic rings. The third-order valence-corrected chi connectivity index (χ3v) is 3.38. The van der Waals surface area contributed by atoms with Crippen molar-refractivity contribution in [2.45, 2.75) is 13.0 Å². The Labute approximate surface area is 143 Å². The van der Waals surface area contributed by atoms with Gasteiger partial charge in [0.1, 0.15) is 12.4 Å². The molecule has 0 radical (unpaired) electrons. The van der Waals surface area contributed by atoms with E-state index in [1.807, 2.05) is 30.3 Å². The van der Waals surface area contributed by atoms with Crippen LogP contribution in [0.2, 0.25) is 0 Å². The first-order valence-electron chi connectivity index (χ1n) is 7.73. The maximum absolute atomic E-state index is 12.9. The van der Waals surface area contributed by atoms with Crippen molar-refractivity contribution in [3.63, 3.8) is 0 Å². The van der Waals surface area contributed by atoms with Gasteiger partial charge in [0.05, 0.1) is 0 Å². The van der Waals surface area contributed by atoms with Crippen LogP contribution in [0.5, 0.6) is 0 Å². The van der Waals surface area contributed by atoms with E-state index in [1.54, 1.807) is 12.1 Å². The van der Waals surface area contributed by atoms with E-state index in [1.165, 1.54) is 12.1 Å². The molecule has 2 aromatic carbocycles. The minimum absolute atomic E-state index is 0.210. The summed E-state index contributed by atoms with van der Waals surface area (Å²) in [6.45, 7) is 0.515. The molecule has 0 fully saturated rings. The minimum Gasteiger partial charge on any atom is -0.445 e. The van der Waals surface area contributed by atoms with Gasteiger partial charge in [-0.2, -0.15) is 0 Å². The van der Waals surface area contributed by atoms with Crippen molar-refractivity contribution < 1.29 is 18.3 Å². The van der Waals surface area contributed by atoms with Gasteiger partial charge in [-0.3, -0.25) is 0 Å². The molecule has 1 amide bonds. The van der Waals surface area contributed by atoms with Crippen molar-refractivity contribution in [1.29, 1.82) is 0 Å². The molecule has 1 heterocycles. The van der Waals surface area contributed by atoms with Crippen LogP contribution in [0.3, 0.4) is 0 Å². The van der Waals surface area contributed by atoms with Crippen LogP contribution in [0.1, 0.15) is 11.5 Å². The Morgan fingerprint density at radius 1 is 1.08 bits per heavy atom. The Kier molecular flexibility index (Phi) is 5.36. The highest BCUT2D eigenvalue weighted by atomic mass is 19.1. The molecule has 3 rings (SSSR count). The van der Waals surface area contributed by atoms with Crippen LogP contribution in [-0.4, -0.2) is 22.8 Å². The molecule has 6 nitrogen and oxygen atoms in total. The molecule has 0 bridgehead atoms. The molecule has 0 aliphatic carbocycles. The summed E-state index contributed by atoms with van der Waals surface area (Å²) in [4.78, 5) is 11.6. The predicted octanol–water partition coefficient (Wildman–Crippen LogP) is 3.34. The molecule has 0 saturated heterocycles. The van der Waals surface area contributed by atoms with Gasteiger partial charge < -0.3 is 14.5 Å². The third-order valence-electron chi connectivity index (χ3n) is 3.38. The maximum atomic E-state index is 12.9. The van der Waals surface area contributed by atoms with Gasteiger partial charge >= 0.3 is 6.09 Å². The normalized spacial score (nSPS) is 10.4. The molecule has 1 aromatic heterocycles. The van der Waals surface area contributed by atoms with Gasteiger partial charge in [-0.05, 0) is 29.8 Å². The summed E-state index contributed by atoms with van der Waals surface area (Å²) >= 11 is 0. The zero-order valence-corrected chi connectivity index (χ0v) is 13.3. The third kappa shape index (κ3) is 4.87. The Morgan fingerprint density at radius 2 is 1.84 bits per heavy atom. The summed E-state index contributed by atoms with van der Waals surface area (Å²) in [5, 5.41) is 10.4. The fourth-order valence-corrected chi connectivity index (χ4v) is 2.11. The molecular weight excluding hydrogens is 325 g/mol. The molecule has 7 heteroatoms. The average molecular weight is 341 g/mol. The molecule has 3 aromatic rings. The van der Waals surface area contributed by atoms with Gasteiger partial charge in [0, 0.05) is 18.5 Å². The minimum atomic E-state index is -0.512. The number of nitrogens with zero attached hydrogens (tertiary/aromatic N) is 2. The molecule has 1 N–H and O–H groups in total. The van der Waals surface area contributed by atoms with Gasteiger partial charge in [0.15, 0.2) is 0 Å². The lowest BCUT2D eigenvalue weighted by Crippen LogP contribution is -2.26. The number of amides is 1. The highest BCUT2D eigenvalue weighted by Gasteiger charge is 2.09. The van der Waals surface area contributed by atoms with Crippen LogP contribution in [0.4, 0.5) is 9.18 Å². The van der Waals surface area contributed by atoms with E-state index in [-0.39, 0.29) is 12.4 Å². The molecule has 0 unspecified atom stereocenters. The van der Waals surface area contributed by atoms with Crippen LogP contribution in [0.15, 0.2) is 59.0 Å². The van der Waals surface area contributed by atoms with Gasteiger partial charge in [-0.25, -0.2) is 9.18 Å². The maximum Gasteiger partial charge on any atom is 0.407 e. The second-order valence-electron chi connectivity index (χ2n) is 5.25. The van der Waals surface area contributed by atoms with Crippen LogP contribution in [0, 0.1) is 5.82 Å². The lowest BCUT2D eigenvalue weighted by Gasteiger charge is -2.05. The van der Waals surface area contributed by atoms with Crippen molar-refractivity contribution in [2.75, 3.05) is 6.54 Å². The number of benzene rings is 2. The summed E-state index contributed by atoms with van der Waals surface area (Å²) in [5.74, 6) is 0.353. The molecular formula is C18H16FN3O3. The Bertz CT molecular complexity index is 819. The smallest absolute Gasteiger partial charge is 0.407 e. The van der Waals surface area contributed by atoms with Gasteiger partial charge in [0.2, 0.25) is 11.8 Å². The average Bonchev–Trinajstić information content (AvgIpc) is 3.10. The van der Waals surface area contributed by atoms with Gasteiger partial charge in [-0.15, -0.1) is 10.2 Å². The van der Waals surface area contributed by atoms with E-state index in [2.05, 4.69) is 15.5 Å². The van der Waals surface area contributed by atoms with Crippen LogP contribution in [0.25, 0.3) is 11.5 Å². The Morgan fingerprint density at radius 3 is 2.60 bits per heavy atom. The van der Waals surface area contributed by atoms with E-state index in [0.717, 1.165) is 5.56 Å². The molecule has 25 heavy (non-hydrogen) atoms. The number of carbonyl (C=O) groups excluding carboxylic acids is 1. The zero-order valence-electron chi connectivity index (χ0n) is 13.3. The Hall–Kier alpha value is -3.22. The number of halogens is 1. The fraction of sp³-hybridized carbons (Fsp3) is 0.167. The summed E-state index contributed by atoms with van der Waals surface area (Å²) in [6.07, 6.45) is -0.142. The van der Waals surface area contributed by atoms with Crippen molar-refractivity contribution in [2.24, 2.45) is 0 Å². The van der Waals surface area contributed by atoms with E-state index in [9.17, 15) is 9.18 Å². The first kappa shape index (κ1) is 16.6. The molecule has 128 valence electrons. The van der Waals surface area contributed by atoms with Gasteiger partial charge in [0.25, 0.3) is 0 Å². The number of aromatic nitrogens is 2. The quantitative estimate of drug-likeness (QED) is 0.744. The fourth-order valence-electron chi connectivity index (χ4n) is 2.11. The van der Waals surface area contributed by atoms with E-state index in [0.29, 0.717) is 30.3 Å². The molecule has 0 saturated carbocycles. The first-order valence-corrected chi connectivity index (χ1v) is 7.73. The number of nitrogens with one attached hydrogen (secondary N) is 1. The number of hydrogen-bond acceptors (Lipinski definition) is 5. The van der Waals surface area contributed by atoms with Crippen molar-refractivity contribution in [1.82, 2.24) is 15.5 Å². The molecule has 0 atom stereocenters. The summed E-state index contributed by atoms with van der Waals surface area (Å²) < 4.78 is 23.5. The number of ether oxygens (including phenoxy) is 1. The highest BCUT2D eigenvalue weighted by Crippen LogP contribution is 2.18. The van der Waals surface area contributed by atoms with Crippen molar-refractivity contribution >= 4 is 6.09 Å². The standard InChI is InChI=1S/C18H16FN3O3/c19-15-8-6-14(7-9-15)17-22-21-16(25-17)10-11-20-18(23)24-12-13-4-2-1-3-5-13/h1-9H,10-12H2,(H,20,23). The Balaban J connectivity index is 1.43. The number of carbonyl (C=O) groups is 1. The monoisotopic (exact) mass is 341 g/mol. The topological polar surface area (TPSA) is 77.3 Å². The molecule has 0 spiro atoms. The second-order valence-corrected chi connectivity index (χ2v) is 5.25. The van der Waals surface area contributed by atoms with E-state index >= 15 is 0 Å². The number of rotatable bonds is 6. The summed E-state index contributed by atoms with van der Waals surface area (Å²) in [5.41, 5.74) is 1.55. The first-order chi connectivity index (χ1) is 12.2. The lowest BCUT2D eigenvalue weighted by molar-refractivity contribution is 0.139. The lowest BCUT2D eigenvalue weighted by atomic mass is 10.2. The van der Waals surface area contributed by atoms with Gasteiger partial charge in [-0.1, -0.05) is 30.3 Å². The number of hydrogen-bond donors (Lipinski definition) is 1. The number of alkyl carbamates (subject to hydrolysis) is 1. The van der Waals surface area contributed by atoms with Crippen LogP contribution >= 0.6 is 0 Å². The van der Waals surface area contributed by atoms with E-state index in [4.69, 9.17) is 9.15 Å². The predicted molar refractivity (Wildman–Crippen MR) is 88.0 cm³/mol. The van der Waals surface area contributed by atoms with Crippen molar-refractivity contribution in [3.8, 4) is 11.5 Å². The van der Waals surface area contributed by atoms with E-state index < -0.39 is 6.09 Å². The highest BCUT2D eigenvalue weighted by molar-refractivity contribution is 5.67. The summed E-state index contributed by atoms with van der Waals surface area (Å²) in [7, 11) is 0. The van der Waals surface area contributed by atoms with Crippen LogP contribution in [-0.2, 0) is 17.8 Å². The zero-order chi connectivity index (χ0) is 17.5. The molecule has 0 aliphatic heterocycles. The second kappa shape index (κ2) is 8.05. The van der Waals surface area contributed by atoms with Crippen LogP contribution < -0.4 is 5.32 Å². The SMILES string of the molecule is O=C(NCCc1nnc(-c2ccc(F)cc2)o1)OCc1ccccc1. The van der Waals surface area contributed by atoms with Crippen molar-refractivity contribution in [3.05, 3.63) is 71.9 Å².